The molecule has 0 saturated carbocycles. The Morgan fingerprint density at radius 1 is 1.28 bits per heavy atom. The molecule has 0 aliphatic heterocycles. The lowest BCUT2D eigenvalue weighted by atomic mass is 10.1. The van der Waals surface area contributed by atoms with Gasteiger partial charge in [-0.1, -0.05) is 12.1 Å². The predicted octanol–water partition coefficient (Wildman–Crippen LogP) is 3.03. The number of likely N-dealkylation sites (N-methyl/N-ethyl adjacent to an activating group) is 1. The molecule has 7 nitrogen and oxygen atoms in total. The average molecular weight is 343 g/mol. The van der Waals surface area contributed by atoms with E-state index in [2.05, 4.69) is 4.99 Å². The first kappa shape index (κ1) is 18.4. The molecule has 7 heteroatoms. The van der Waals surface area contributed by atoms with Crippen molar-refractivity contribution in [3.63, 3.8) is 0 Å². The van der Waals surface area contributed by atoms with Gasteiger partial charge in [0.1, 0.15) is 11.5 Å². The molecule has 0 aliphatic rings. The molecule has 0 amide bonds. The number of benzene rings is 2. The van der Waals surface area contributed by atoms with Gasteiger partial charge in [-0.15, -0.1) is 0 Å². The third-order valence-corrected chi connectivity index (χ3v) is 3.85. The quantitative estimate of drug-likeness (QED) is 0.474. The highest BCUT2D eigenvalue weighted by Gasteiger charge is 2.14. The Labute approximate surface area is 146 Å². The van der Waals surface area contributed by atoms with E-state index >= 15 is 0 Å². The maximum Gasteiger partial charge on any atom is 0.270 e. The van der Waals surface area contributed by atoms with Crippen molar-refractivity contribution >= 4 is 11.9 Å². The summed E-state index contributed by atoms with van der Waals surface area (Å²) in [5.41, 5.74) is 1.31. The van der Waals surface area contributed by atoms with Crippen LogP contribution in [-0.2, 0) is 0 Å². The van der Waals surface area contributed by atoms with Crippen LogP contribution in [-0.4, -0.2) is 48.9 Å². The minimum absolute atomic E-state index is 0.0306. The smallest absolute Gasteiger partial charge is 0.270 e. The molecule has 0 aromatic heterocycles. The van der Waals surface area contributed by atoms with Gasteiger partial charge in [0.05, 0.1) is 24.6 Å². The Morgan fingerprint density at radius 2 is 1.96 bits per heavy atom. The zero-order chi connectivity index (χ0) is 18.4. The second-order valence-electron chi connectivity index (χ2n) is 5.75. The molecule has 0 unspecified atom stereocenters. The largest absolute Gasteiger partial charge is 0.507 e. The van der Waals surface area contributed by atoms with Gasteiger partial charge in [0, 0.05) is 23.9 Å². The predicted molar refractivity (Wildman–Crippen MR) is 96.6 cm³/mol. The Morgan fingerprint density at radius 3 is 2.52 bits per heavy atom. The summed E-state index contributed by atoms with van der Waals surface area (Å²) in [6.07, 6.45) is 1.46. The number of aromatic hydroxyl groups is 1. The average Bonchev–Trinajstić information content (AvgIpc) is 2.59. The Bertz CT molecular complexity index is 757. The molecular formula is C18H21N3O4. The fourth-order valence-electron chi connectivity index (χ4n) is 2.40. The molecule has 132 valence electrons. The van der Waals surface area contributed by atoms with Crippen LogP contribution in [0.2, 0.25) is 0 Å². The first-order valence-electron chi connectivity index (χ1n) is 7.70. The Hall–Kier alpha value is -2.93. The zero-order valence-electron chi connectivity index (χ0n) is 14.4. The van der Waals surface area contributed by atoms with Gasteiger partial charge in [-0.25, -0.2) is 0 Å². The highest BCUT2D eigenvalue weighted by molar-refractivity contribution is 5.84. The summed E-state index contributed by atoms with van der Waals surface area (Å²) in [7, 11) is 5.53. The number of hydrogen-bond donors (Lipinski definition) is 1. The molecule has 2 aromatic carbocycles. The van der Waals surface area contributed by atoms with Crippen LogP contribution in [0.5, 0.6) is 11.5 Å². The molecule has 0 aliphatic carbocycles. The van der Waals surface area contributed by atoms with Crippen LogP contribution in [0.4, 0.5) is 5.69 Å². The second kappa shape index (κ2) is 8.25. The van der Waals surface area contributed by atoms with Crippen LogP contribution in [0.15, 0.2) is 47.5 Å². The molecule has 0 saturated heterocycles. The number of phenols is 1. The van der Waals surface area contributed by atoms with E-state index in [4.69, 9.17) is 4.74 Å². The summed E-state index contributed by atoms with van der Waals surface area (Å²) in [5.74, 6) is 0.742. The third-order valence-electron chi connectivity index (χ3n) is 3.85. The molecule has 1 atom stereocenters. The zero-order valence-corrected chi connectivity index (χ0v) is 14.4. The number of non-ortho nitro benzene ring substituents is 1. The Kier molecular flexibility index (Phi) is 6.08. The molecule has 0 bridgehead atoms. The van der Waals surface area contributed by atoms with Gasteiger partial charge in [0.2, 0.25) is 0 Å². The highest BCUT2D eigenvalue weighted by atomic mass is 16.6. The summed E-state index contributed by atoms with van der Waals surface area (Å²) in [4.78, 5) is 16.7. The van der Waals surface area contributed by atoms with Crippen molar-refractivity contribution in [2.24, 2.45) is 4.99 Å². The number of nitro benzene ring substituents is 1. The molecule has 0 spiro atoms. The van der Waals surface area contributed by atoms with E-state index in [-0.39, 0.29) is 17.5 Å². The summed E-state index contributed by atoms with van der Waals surface area (Å²) < 4.78 is 5.17. The maximum atomic E-state index is 10.8. The van der Waals surface area contributed by atoms with Gasteiger partial charge in [-0.3, -0.25) is 15.1 Å². The van der Waals surface area contributed by atoms with E-state index in [0.717, 1.165) is 11.3 Å². The van der Waals surface area contributed by atoms with Crippen molar-refractivity contribution in [3.05, 3.63) is 63.7 Å². The molecule has 0 fully saturated rings. The minimum atomic E-state index is -0.503. The summed E-state index contributed by atoms with van der Waals surface area (Å²) in [6, 6.07) is 11.6. The maximum absolute atomic E-state index is 10.8. The van der Waals surface area contributed by atoms with Gasteiger partial charge in [0.15, 0.2) is 0 Å². The molecule has 1 N–H and O–H groups in total. The lowest BCUT2D eigenvalue weighted by Crippen LogP contribution is -2.22. The number of ether oxygens (including phenoxy) is 1. The van der Waals surface area contributed by atoms with Gasteiger partial charge in [0.25, 0.3) is 5.69 Å². The number of nitrogens with zero attached hydrogens (tertiary/aromatic N) is 3. The Balaban J connectivity index is 2.16. The number of phenolic OH excluding ortho intramolecular Hbond substituents is 1. The standard InChI is InChI=1S/C18H21N3O4/c1-20(2)17(13-4-7-16(25-3)8-5-13)12-19-11-14-10-15(21(23)24)6-9-18(14)22/h4-11,17,22H,12H2,1-3H3/t17-/m1/s1. The molecule has 2 rings (SSSR count). The van der Waals surface area contributed by atoms with Gasteiger partial charge in [-0.05, 0) is 37.9 Å². The SMILES string of the molecule is COc1ccc([C@@H](CN=Cc2cc([N+](=O)[O-])ccc2O)N(C)C)cc1. The molecule has 0 heterocycles. The highest BCUT2D eigenvalue weighted by Crippen LogP contribution is 2.23. The van der Waals surface area contributed by atoms with E-state index in [1.165, 1.54) is 24.4 Å². The van der Waals surface area contributed by atoms with Gasteiger partial charge < -0.3 is 14.7 Å². The first-order valence-corrected chi connectivity index (χ1v) is 7.70. The van der Waals surface area contributed by atoms with Crippen molar-refractivity contribution in [3.8, 4) is 11.5 Å². The number of aliphatic imine (C=N–C) groups is 1. The fraction of sp³-hybridized carbons (Fsp3) is 0.278. The number of nitro groups is 1. The van der Waals surface area contributed by atoms with Crippen LogP contribution in [0.1, 0.15) is 17.2 Å². The fourth-order valence-corrected chi connectivity index (χ4v) is 2.40. The normalized spacial score (nSPS) is 12.5. The van der Waals surface area contributed by atoms with E-state index < -0.39 is 4.92 Å². The van der Waals surface area contributed by atoms with E-state index in [9.17, 15) is 15.2 Å². The summed E-state index contributed by atoms with van der Waals surface area (Å²) in [5, 5.41) is 20.7. The topological polar surface area (TPSA) is 88.2 Å². The van der Waals surface area contributed by atoms with Crippen LogP contribution < -0.4 is 4.74 Å². The number of rotatable bonds is 7. The first-order chi connectivity index (χ1) is 11.9. The molecule has 0 radical (unpaired) electrons. The van der Waals surface area contributed by atoms with Crippen LogP contribution in [0.3, 0.4) is 0 Å². The molecule has 2 aromatic rings. The van der Waals surface area contributed by atoms with Crippen molar-refractivity contribution in [2.45, 2.75) is 6.04 Å². The van der Waals surface area contributed by atoms with Gasteiger partial charge in [-0.2, -0.15) is 0 Å². The van der Waals surface area contributed by atoms with E-state index in [0.29, 0.717) is 12.1 Å². The van der Waals surface area contributed by atoms with Crippen molar-refractivity contribution in [1.29, 1.82) is 0 Å². The lowest BCUT2D eigenvalue weighted by molar-refractivity contribution is -0.384. The van der Waals surface area contributed by atoms with Gasteiger partial charge >= 0.3 is 0 Å². The lowest BCUT2D eigenvalue weighted by Gasteiger charge is -2.23. The van der Waals surface area contributed by atoms with Crippen molar-refractivity contribution < 1.29 is 14.8 Å². The van der Waals surface area contributed by atoms with Crippen LogP contribution in [0, 0.1) is 10.1 Å². The summed E-state index contributed by atoms with van der Waals surface area (Å²) >= 11 is 0. The number of methoxy groups -OCH3 is 1. The molecule has 25 heavy (non-hydrogen) atoms. The second-order valence-corrected chi connectivity index (χ2v) is 5.75. The van der Waals surface area contributed by atoms with Crippen LogP contribution in [0.25, 0.3) is 0 Å². The number of hydrogen-bond acceptors (Lipinski definition) is 6. The van der Waals surface area contributed by atoms with Crippen LogP contribution >= 0.6 is 0 Å². The summed E-state index contributed by atoms with van der Waals surface area (Å²) in [6.45, 7) is 0.446. The third kappa shape index (κ3) is 4.77. The van der Waals surface area contributed by atoms with Crippen molar-refractivity contribution in [2.75, 3.05) is 27.7 Å². The molecular weight excluding hydrogens is 322 g/mol. The van der Waals surface area contributed by atoms with E-state index in [1.807, 2.05) is 43.3 Å². The monoisotopic (exact) mass is 343 g/mol. The van der Waals surface area contributed by atoms with E-state index in [1.54, 1.807) is 7.11 Å². The van der Waals surface area contributed by atoms with Crippen molar-refractivity contribution in [1.82, 2.24) is 4.90 Å². The minimum Gasteiger partial charge on any atom is -0.507 e.